The van der Waals surface area contributed by atoms with Crippen molar-refractivity contribution in [2.24, 2.45) is 0 Å². The van der Waals surface area contributed by atoms with Crippen molar-refractivity contribution in [1.29, 1.82) is 0 Å². The lowest BCUT2D eigenvalue weighted by molar-refractivity contribution is -0.140. The van der Waals surface area contributed by atoms with Crippen molar-refractivity contribution in [3.05, 3.63) is 0 Å². The number of hydrogen-bond donors (Lipinski definition) is 2. The van der Waals surface area contributed by atoms with Gasteiger partial charge in [0, 0.05) is 40.3 Å². The van der Waals surface area contributed by atoms with Crippen molar-refractivity contribution in [1.82, 2.24) is 20.4 Å². The summed E-state index contributed by atoms with van der Waals surface area (Å²) in [4.78, 5) is 27.2. The van der Waals surface area contributed by atoms with Crippen molar-refractivity contribution < 1.29 is 9.59 Å². The average molecular weight is 256 g/mol. The number of carbonyl (C=O) groups is 2. The van der Waals surface area contributed by atoms with Gasteiger partial charge >= 0.3 is 0 Å². The van der Waals surface area contributed by atoms with Crippen LogP contribution in [0.25, 0.3) is 0 Å². The van der Waals surface area contributed by atoms with E-state index in [1.54, 1.807) is 19.0 Å². The van der Waals surface area contributed by atoms with Gasteiger partial charge in [-0.1, -0.05) is 6.92 Å². The molecule has 18 heavy (non-hydrogen) atoms. The number of amides is 2. The highest BCUT2D eigenvalue weighted by atomic mass is 16.2. The van der Waals surface area contributed by atoms with Gasteiger partial charge in [-0.15, -0.1) is 0 Å². The summed E-state index contributed by atoms with van der Waals surface area (Å²) in [5.74, 6) is -0.0279. The van der Waals surface area contributed by atoms with Crippen molar-refractivity contribution in [2.75, 3.05) is 46.8 Å². The summed E-state index contributed by atoms with van der Waals surface area (Å²) in [6.07, 6.45) is 0.854. The molecule has 0 radical (unpaired) electrons. The molecule has 104 valence electrons. The zero-order chi connectivity index (χ0) is 13.5. The zero-order valence-corrected chi connectivity index (χ0v) is 11.5. The molecule has 0 saturated carbocycles. The van der Waals surface area contributed by atoms with E-state index in [2.05, 4.69) is 10.6 Å². The van der Waals surface area contributed by atoms with E-state index < -0.39 is 0 Å². The summed E-state index contributed by atoms with van der Waals surface area (Å²) >= 11 is 0. The molecule has 1 saturated heterocycles. The average Bonchev–Trinajstić information content (AvgIpc) is 2.38. The van der Waals surface area contributed by atoms with E-state index in [0.717, 1.165) is 19.5 Å². The van der Waals surface area contributed by atoms with Gasteiger partial charge in [0.25, 0.3) is 0 Å². The van der Waals surface area contributed by atoms with E-state index in [9.17, 15) is 9.59 Å². The van der Waals surface area contributed by atoms with Crippen LogP contribution in [0.5, 0.6) is 0 Å². The third kappa shape index (κ3) is 4.27. The number of rotatable bonds is 5. The molecule has 2 N–H and O–H groups in total. The summed E-state index contributed by atoms with van der Waals surface area (Å²) in [7, 11) is 3.41. The fourth-order valence-corrected chi connectivity index (χ4v) is 1.89. The van der Waals surface area contributed by atoms with Gasteiger partial charge in [0.2, 0.25) is 11.8 Å². The fraction of sp³-hybridized carbons (Fsp3) is 0.833. The Hall–Kier alpha value is -1.14. The van der Waals surface area contributed by atoms with Crippen LogP contribution < -0.4 is 10.6 Å². The highest BCUT2D eigenvalue weighted by molar-refractivity contribution is 5.87. The van der Waals surface area contributed by atoms with E-state index in [1.165, 1.54) is 4.90 Å². The van der Waals surface area contributed by atoms with Crippen LogP contribution in [0.2, 0.25) is 0 Å². The largest absolute Gasteiger partial charge is 0.347 e. The highest BCUT2D eigenvalue weighted by Gasteiger charge is 2.26. The lowest BCUT2D eigenvalue weighted by Crippen LogP contribution is -2.57. The minimum Gasteiger partial charge on any atom is -0.347 e. The Morgan fingerprint density at radius 3 is 2.50 bits per heavy atom. The molecule has 1 rings (SSSR count). The molecule has 1 fully saturated rings. The lowest BCUT2D eigenvalue weighted by atomic mass is 10.2. The molecule has 6 nitrogen and oxygen atoms in total. The van der Waals surface area contributed by atoms with Gasteiger partial charge in [0.15, 0.2) is 0 Å². The Morgan fingerprint density at radius 2 is 2.00 bits per heavy atom. The Bertz CT molecular complexity index is 288. The number of carbonyl (C=O) groups excluding carboxylic acids is 2. The first-order valence-electron chi connectivity index (χ1n) is 6.49. The minimum atomic E-state index is -0.208. The van der Waals surface area contributed by atoms with Crippen LogP contribution in [0.3, 0.4) is 0 Å². The van der Waals surface area contributed by atoms with Crippen LogP contribution >= 0.6 is 0 Å². The molecule has 1 aliphatic rings. The van der Waals surface area contributed by atoms with Gasteiger partial charge < -0.3 is 20.4 Å². The molecule has 0 aromatic rings. The predicted molar refractivity (Wildman–Crippen MR) is 70.2 cm³/mol. The molecule has 0 aliphatic carbocycles. The van der Waals surface area contributed by atoms with E-state index in [0.29, 0.717) is 13.1 Å². The molecule has 1 atom stereocenters. The van der Waals surface area contributed by atoms with Crippen molar-refractivity contribution in [2.45, 2.75) is 19.4 Å². The van der Waals surface area contributed by atoms with Gasteiger partial charge in [0.05, 0.1) is 12.6 Å². The van der Waals surface area contributed by atoms with Crippen LogP contribution in [0.1, 0.15) is 13.3 Å². The Morgan fingerprint density at radius 1 is 1.28 bits per heavy atom. The lowest BCUT2D eigenvalue weighted by Gasteiger charge is -2.30. The first kappa shape index (κ1) is 14.9. The molecule has 0 aromatic heterocycles. The van der Waals surface area contributed by atoms with Gasteiger partial charge in [-0.25, -0.2) is 0 Å². The van der Waals surface area contributed by atoms with Crippen LogP contribution in [0.4, 0.5) is 0 Å². The van der Waals surface area contributed by atoms with Crippen LogP contribution in [-0.4, -0.2) is 74.5 Å². The van der Waals surface area contributed by atoms with Crippen molar-refractivity contribution >= 4 is 11.8 Å². The first-order chi connectivity index (χ1) is 8.56. The summed E-state index contributed by atoms with van der Waals surface area (Å²) in [5, 5.41) is 6.37. The maximum Gasteiger partial charge on any atom is 0.241 e. The van der Waals surface area contributed by atoms with E-state index in [4.69, 9.17) is 0 Å². The first-order valence-corrected chi connectivity index (χ1v) is 6.49. The molecule has 1 aliphatic heterocycles. The van der Waals surface area contributed by atoms with Crippen LogP contribution in [0, 0.1) is 0 Å². The van der Waals surface area contributed by atoms with E-state index in [-0.39, 0.29) is 24.4 Å². The third-order valence-corrected chi connectivity index (χ3v) is 2.97. The topological polar surface area (TPSA) is 64.7 Å². The fourth-order valence-electron chi connectivity index (χ4n) is 1.89. The van der Waals surface area contributed by atoms with Gasteiger partial charge in [0.1, 0.15) is 0 Å². The number of hydrogen-bond acceptors (Lipinski definition) is 4. The maximum atomic E-state index is 12.3. The molecule has 1 unspecified atom stereocenters. The zero-order valence-electron chi connectivity index (χ0n) is 11.5. The van der Waals surface area contributed by atoms with Crippen molar-refractivity contribution in [3.8, 4) is 0 Å². The summed E-state index contributed by atoms with van der Waals surface area (Å²) in [6, 6.07) is -0.208. The number of nitrogens with one attached hydrogen (secondary N) is 2. The van der Waals surface area contributed by atoms with Gasteiger partial charge in [-0.05, 0) is 6.42 Å². The molecule has 1 heterocycles. The van der Waals surface area contributed by atoms with Crippen LogP contribution in [-0.2, 0) is 9.59 Å². The number of nitrogens with zero attached hydrogens (tertiary/aromatic N) is 2. The quantitative estimate of drug-likeness (QED) is 0.654. The van der Waals surface area contributed by atoms with Gasteiger partial charge in [-0.3, -0.25) is 9.59 Å². The second-order valence-corrected chi connectivity index (χ2v) is 4.76. The number of likely N-dealkylation sites (N-methyl/N-ethyl adjacent to an activating group) is 1. The molecule has 0 aromatic carbocycles. The second kappa shape index (κ2) is 7.33. The summed E-state index contributed by atoms with van der Waals surface area (Å²) in [5.41, 5.74) is 0. The maximum absolute atomic E-state index is 12.3. The standard InChI is InChI=1S/C12H24N4O2/c1-4-7-16(9-11(17)15(2)3)12(18)10-8-13-5-6-14-10/h10,13-14H,4-9H2,1-3H3. The minimum absolute atomic E-state index is 0.0132. The third-order valence-electron chi connectivity index (χ3n) is 2.97. The van der Waals surface area contributed by atoms with Crippen molar-refractivity contribution in [3.63, 3.8) is 0 Å². The van der Waals surface area contributed by atoms with Crippen LogP contribution in [0.15, 0.2) is 0 Å². The predicted octanol–water partition coefficient (Wildman–Crippen LogP) is -1.13. The molecule has 0 bridgehead atoms. The van der Waals surface area contributed by atoms with E-state index >= 15 is 0 Å². The molecule has 2 amide bonds. The highest BCUT2D eigenvalue weighted by Crippen LogP contribution is 2.00. The Labute approximate surface area is 109 Å². The smallest absolute Gasteiger partial charge is 0.241 e. The molecule has 0 spiro atoms. The SMILES string of the molecule is CCCN(CC(=O)N(C)C)C(=O)C1CNCCN1. The Balaban J connectivity index is 2.58. The molecular weight excluding hydrogens is 232 g/mol. The van der Waals surface area contributed by atoms with Gasteiger partial charge in [-0.2, -0.15) is 0 Å². The summed E-state index contributed by atoms with van der Waals surface area (Å²) < 4.78 is 0. The monoisotopic (exact) mass is 256 g/mol. The summed E-state index contributed by atoms with van der Waals surface area (Å²) in [6.45, 7) is 5.10. The van der Waals surface area contributed by atoms with E-state index in [1.807, 2.05) is 6.92 Å². The normalized spacial score (nSPS) is 19.4. The molecular formula is C12H24N4O2. The Kier molecular flexibility index (Phi) is 6.07. The second-order valence-electron chi connectivity index (χ2n) is 4.76. The molecule has 6 heteroatoms. The number of piperazine rings is 1.